The molecule has 0 atom stereocenters. The first kappa shape index (κ1) is 12.5. The zero-order valence-corrected chi connectivity index (χ0v) is 9.80. The van der Waals surface area contributed by atoms with Gasteiger partial charge >= 0.3 is 5.97 Å². The van der Waals surface area contributed by atoms with E-state index >= 15 is 0 Å². The van der Waals surface area contributed by atoms with Crippen LogP contribution in [-0.2, 0) is 11.3 Å². The number of nitrogens with one attached hydrogen (secondary N) is 1. The molecule has 0 radical (unpaired) electrons. The Labute approximate surface area is 103 Å². The van der Waals surface area contributed by atoms with Crippen molar-refractivity contribution in [1.29, 1.82) is 0 Å². The minimum Gasteiger partial charge on any atom is -0.481 e. The zero-order chi connectivity index (χ0) is 13.2. The molecule has 0 spiro atoms. The Morgan fingerprint density at radius 3 is 2.83 bits per heavy atom. The number of aromatic nitrogens is 3. The molecule has 0 unspecified atom stereocenters. The molecule has 4 N–H and O–H groups in total. The summed E-state index contributed by atoms with van der Waals surface area (Å²) in [7, 11) is 0. The van der Waals surface area contributed by atoms with Gasteiger partial charge in [0.1, 0.15) is 0 Å². The second-order valence-electron chi connectivity index (χ2n) is 4.42. The molecule has 1 aliphatic carbocycles. The Bertz CT molecular complexity index is 466. The highest BCUT2D eigenvalue weighted by molar-refractivity contribution is 5.92. The number of nitrogens with zero attached hydrogens (tertiary/aromatic N) is 3. The minimum absolute atomic E-state index is 0.130. The molecule has 8 nitrogen and oxygen atoms in total. The van der Waals surface area contributed by atoms with Crippen molar-refractivity contribution in [2.45, 2.75) is 19.4 Å². The molecule has 1 aliphatic rings. The van der Waals surface area contributed by atoms with Gasteiger partial charge in [0.2, 0.25) is 0 Å². The highest BCUT2D eigenvalue weighted by Crippen LogP contribution is 2.45. The van der Waals surface area contributed by atoms with Crippen LogP contribution in [0.2, 0.25) is 0 Å². The maximum Gasteiger partial charge on any atom is 0.311 e. The first-order chi connectivity index (χ1) is 8.57. The molecule has 18 heavy (non-hydrogen) atoms. The summed E-state index contributed by atoms with van der Waals surface area (Å²) in [5.41, 5.74) is 4.74. The Balaban J connectivity index is 1.89. The van der Waals surface area contributed by atoms with Crippen LogP contribution in [0, 0.1) is 5.41 Å². The molecule has 0 bridgehead atoms. The third kappa shape index (κ3) is 2.48. The van der Waals surface area contributed by atoms with Crippen molar-refractivity contribution in [3.63, 3.8) is 0 Å². The highest BCUT2D eigenvalue weighted by Gasteiger charge is 2.50. The number of hydrogen-bond acceptors (Lipinski definition) is 5. The smallest absolute Gasteiger partial charge is 0.311 e. The molecule has 1 amide bonds. The molecule has 0 saturated heterocycles. The van der Waals surface area contributed by atoms with E-state index in [1.807, 2.05) is 0 Å². The number of amides is 1. The molecule has 8 heteroatoms. The Morgan fingerprint density at radius 1 is 1.56 bits per heavy atom. The van der Waals surface area contributed by atoms with Gasteiger partial charge in [-0.15, -0.1) is 5.10 Å². The summed E-state index contributed by atoms with van der Waals surface area (Å²) >= 11 is 0. The van der Waals surface area contributed by atoms with Gasteiger partial charge < -0.3 is 16.2 Å². The summed E-state index contributed by atoms with van der Waals surface area (Å²) in [5.74, 6) is -1.28. The molecule has 1 aromatic heterocycles. The number of aliphatic carboxylic acids is 1. The number of carboxylic acid groups (broad SMARTS) is 1. The van der Waals surface area contributed by atoms with E-state index in [0.29, 0.717) is 25.9 Å². The predicted octanol–water partition coefficient (Wildman–Crippen LogP) is -1.17. The number of rotatable bonds is 6. The van der Waals surface area contributed by atoms with Crippen LogP contribution in [0.1, 0.15) is 23.3 Å². The van der Waals surface area contributed by atoms with E-state index in [1.165, 1.54) is 10.9 Å². The molecule has 1 aromatic rings. The quantitative estimate of drug-likeness (QED) is 0.587. The van der Waals surface area contributed by atoms with E-state index < -0.39 is 17.3 Å². The lowest BCUT2D eigenvalue weighted by Gasteiger charge is -2.09. The van der Waals surface area contributed by atoms with Crippen LogP contribution >= 0.6 is 0 Å². The average molecular weight is 253 g/mol. The van der Waals surface area contributed by atoms with E-state index in [4.69, 9.17) is 10.8 Å². The number of nitrogens with two attached hydrogens (primary N) is 1. The van der Waals surface area contributed by atoms with Crippen molar-refractivity contribution in [2.24, 2.45) is 11.1 Å². The van der Waals surface area contributed by atoms with Gasteiger partial charge in [0, 0.05) is 13.1 Å². The largest absolute Gasteiger partial charge is 0.481 e. The third-order valence-electron chi connectivity index (χ3n) is 3.02. The van der Waals surface area contributed by atoms with E-state index in [2.05, 4.69) is 15.6 Å². The maximum absolute atomic E-state index is 11.7. The van der Waals surface area contributed by atoms with E-state index in [1.54, 1.807) is 0 Å². The number of carboxylic acids is 1. The highest BCUT2D eigenvalue weighted by atomic mass is 16.4. The van der Waals surface area contributed by atoms with Crippen LogP contribution in [0.3, 0.4) is 0 Å². The standard InChI is InChI=1S/C10H15N5O3/c11-3-4-15-5-7(13-14-15)8(16)12-6-10(1-2-10)9(17)18/h5H,1-4,6,11H2,(H,12,16)(H,17,18). The molecular formula is C10H15N5O3. The third-order valence-corrected chi connectivity index (χ3v) is 3.02. The monoisotopic (exact) mass is 253 g/mol. The molecule has 1 saturated carbocycles. The normalized spacial score (nSPS) is 16.3. The summed E-state index contributed by atoms with van der Waals surface area (Å²) in [6.45, 7) is 1.02. The van der Waals surface area contributed by atoms with Crippen molar-refractivity contribution in [2.75, 3.05) is 13.1 Å². The van der Waals surface area contributed by atoms with Crippen LogP contribution < -0.4 is 11.1 Å². The van der Waals surface area contributed by atoms with Gasteiger partial charge in [-0.1, -0.05) is 5.21 Å². The lowest BCUT2D eigenvalue weighted by atomic mass is 10.1. The second-order valence-corrected chi connectivity index (χ2v) is 4.42. The molecule has 98 valence electrons. The Kier molecular flexibility index (Phi) is 3.28. The summed E-state index contributed by atoms with van der Waals surface area (Å²) in [4.78, 5) is 22.6. The summed E-state index contributed by atoms with van der Waals surface area (Å²) in [6, 6.07) is 0. The Morgan fingerprint density at radius 2 is 2.28 bits per heavy atom. The second kappa shape index (κ2) is 4.73. The van der Waals surface area contributed by atoms with Gasteiger partial charge in [0.25, 0.3) is 5.91 Å². The van der Waals surface area contributed by atoms with Gasteiger partial charge in [0.05, 0.1) is 18.2 Å². The van der Waals surface area contributed by atoms with Crippen LogP contribution in [0.4, 0.5) is 0 Å². The fourth-order valence-electron chi connectivity index (χ4n) is 1.60. The Hall–Kier alpha value is -1.96. The van der Waals surface area contributed by atoms with Gasteiger partial charge in [-0.3, -0.25) is 14.3 Å². The van der Waals surface area contributed by atoms with Crippen LogP contribution in [0.5, 0.6) is 0 Å². The lowest BCUT2D eigenvalue weighted by Crippen LogP contribution is -2.34. The first-order valence-electron chi connectivity index (χ1n) is 5.69. The van der Waals surface area contributed by atoms with Crippen molar-refractivity contribution in [1.82, 2.24) is 20.3 Å². The van der Waals surface area contributed by atoms with E-state index in [-0.39, 0.29) is 12.2 Å². The van der Waals surface area contributed by atoms with Crippen molar-refractivity contribution in [3.05, 3.63) is 11.9 Å². The van der Waals surface area contributed by atoms with Crippen molar-refractivity contribution >= 4 is 11.9 Å². The molecule has 1 heterocycles. The summed E-state index contributed by atoms with van der Waals surface area (Å²) in [5, 5.41) is 19.0. The van der Waals surface area contributed by atoms with Gasteiger partial charge in [-0.2, -0.15) is 0 Å². The molecule has 0 aliphatic heterocycles. The predicted molar refractivity (Wildman–Crippen MR) is 60.7 cm³/mol. The average Bonchev–Trinajstić information content (AvgIpc) is 3.00. The first-order valence-corrected chi connectivity index (χ1v) is 5.69. The summed E-state index contributed by atoms with van der Waals surface area (Å²) < 4.78 is 1.47. The van der Waals surface area contributed by atoms with Crippen LogP contribution in [0.15, 0.2) is 6.20 Å². The summed E-state index contributed by atoms with van der Waals surface area (Å²) in [6.07, 6.45) is 2.69. The van der Waals surface area contributed by atoms with Crippen molar-refractivity contribution in [3.8, 4) is 0 Å². The topological polar surface area (TPSA) is 123 Å². The number of hydrogen-bond donors (Lipinski definition) is 3. The van der Waals surface area contributed by atoms with Gasteiger partial charge in [-0.05, 0) is 12.8 Å². The zero-order valence-electron chi connectivity index (χ0n) is 9.80. The van der Waals surface area contributed by atoms with Crippen LogP contribution in [0.25, 0.3) is 0 Å². The van der Waals surface area contributed by atoms with Gasteiger partial charge in [-0.25, -0.2) is 0 Å². The fraction of sp³-hybridized carbons (Fsp3) is 0.600. The lowest BCUT2D eigenvalue weighted by molar-refractivity contribution is -0.143. The molecular weight excluding hydrogens is 238 g/mol. The van der Waals surface area contributed by atoms with E-state index in [9.17, 15) is 9.59 Å². The SMILES string of the molecule is NCCn1cc(C(=O)NCC2(C(=O)O)CC2)nn1. The number of carbonyl (C=O) groups excluding carboxylic acids is 1. The van der Waals surface area contributed by atoms with E-state index in [0.717, 1.165) is 0 Å². The van der Waals surface area contributed by atoms with Crippen LogP contribution in [-0.4, -0.2) is 45.1 Å². The molecule has 2 rings (SSSR count). The molecule has 1 fully saturated rings. The molecule has 0 aromatic carbocycles. The van der Waals surface area contributed by atoms with Gasteiger partial charge in [0.15, 0.2) is 5.69 Å². The number of carbonyl (C=O) groups is 2. The maximum atomic E-state index is 11.7. The minimum atomic E-state index is -0.866. The van der Waals surface area contributed by atoms with Crippen molar-refractivity contribution < 1.29 is 14.7 Å². The fourth-order valence-corrected chi connectivity index (χ4v) is 1.60.